The largest absolute Gasteiger partial charge is 0.355 e. The summed E-state index contributed by atoms with van der Waals surface area (Å²) < 4.78 is 0. The number of halogens is 1. The van der Waals surface area contributed by atoms with Crippen LogP contribution in [0.1, 0.15) is 37.5 Å². The van der Waals surface area contributed by atoms with E-state index in [1.165, 1.54) is 30.6 Å². The molecule has 0 saturated heterocycles. The Kier molecular flexibility index (Phi) is 8.85. The van der Waals surface area contributed by atoms with Gasteiger partial charge in [-0.2, -0.15) is 0 Å². The predicted molar refractivity (Wildman–Crippen MR) is 112 cm³/mol. The van der Waals surface area contributed by atoms with Crippen molar-refractivity contribution in [3.8, 4) is 0 Å². The summed E-state index contributed by atoms with van der Waals surface area (Å²) in [5, 5.41) is 9.06. The Morgan fingerprint density at radius 2 is 2.22 bits per heavy atom. The Labute approximate surface area is 162 Å². The Morgan fingerprint density at radius 1 is 1.43 bits per heavy atom. The fraction of sp³-hybridized carbons (Fsp3) is 0.706. The second kappa shape index (κ2) is 9.84. The summed E-state index contributed by atoms with van der Waals surface area (Å²) in [4.78, 5) is 8.10. The van der Waals surface area contributed by atoms with Gasteiger partial charge in [0.25, 0.3) is 0 Å². The number of likely N-dealkylation sites (N-methyl/N-ethyl adjacent to an activating group) is 1. The van der Waals surface area contributed by atoms with Gasteiger partial charge in [-0.3, -0.25) is 4.99 Å². The number of guanidine groups is 1. The first-order valence-electron chi connectivity index (χ1n) is 8.20. The molecule has 1 aromatic rings. The molecule has 2 rings (SSSR count). The minimum absolute atomic E-state index is 0. The second-order valence-corrected chi connectivity index (χ2v) is 7.71. The Balaban J connectivity index is 0.00000264. The summed E-state index contributed by atoms with van der Waals surface area (Å²) in [5.74, 6) is 1.70. The third-order valence-electron chi connectivity index (χ3n) is 4.83. The van der Waals surface area contributed by atoms with Gasteiger partial charge < -0.3 is 15.5 Å². The lowest BCUT2D eigenvalue weighted by Gasteiger charge is -2.45. The molecule has 0 spiro atoms. The van der Waals surface area contributed by atoms with E-state index in [4.69, 9.17) is 0 Å². The molecule has 6 heteroatoms. The first-order valence-corrected chi connectivity index (χ1v) is 9.08. The first-order chi connectivity index (χ1) is 10.6. The third-order valence-corrected chi connectivity index (χ3v) is 5.71. The quantitative estimate of drug-likeness (QED) is 0.410. The maximum atomic E-state index is 4.36. The number of hydrogen-bond donors (Lipinski definition) is 2. The molecule has 132 valence electrons. The van der Waals surface area contributed by atoms with Gasteiger partial charge in [-0.15, -0.1) is 35.3 Å². The van der Waals surface area contributed by atoms with Gasteiger partial charge in [0, 0.05) is 24.0 Å². The van der Waals surface area contributed by atoms with E-state index in [0.29, 0.717) is 0 Å². The molecule has 1 aliphatic rings. The zero-order chi connectivity index (χ0) is 16.0. The van der Waals surface area contributed by atoms with Crippen LogP contribution in [0.5, 0.6) is 0 Å². The average molecular weight is 450 g/mol. The van der Waals surface area contributed by atoms with Crippen molar-refractivity contribution in [3.05, 3.63) is 22.4 Å². The highest BCUT2D eigenvalue weighted by molar-refractivity contribution is 14.0. The van der Waals surface area contributed by atoms with Crippen LogP contribution < -0.4 is 10.6 Å². The molecule has 2 N–H and O–H groups in total. The maximum absolute atomic E-state index is 4.36. The van der Waals surface area contributed by atoms with E-state index in [1.807, 2.05) is 7.05 Å². The first kappa shape index (κ1) is 20.7. The molecule has 4 nitrogen and oxygen atoms in total. The van der Waals surface area contributed by atoms with Crippen molar-refractivity contribution in [1.29, 1.82) is 0 Å². The van der Waals surface area contributed by atoms with Crippen LogP contribution in [0.15, 0.2) is 22.5 Å². The van der Waals surface area contributed by atoms with Gasteiger partial charge in [0.15, 0.2) is 5.96 Å². The normalized spacial score (nSPS) is 25.1. The maximum Gasteiger partial charge on any atom is 0.191 e. The molecule has 2 unspecified atom stereocenters. The molecule has 0 bridgehead atoms. The van der Waals surface area contributed by atoms with Crippen LogP contribution in [0, 0.1) is 5.92 Å². The van der Waals surface area contributed by atoms with Gasteiger partial charge in [0.1, 0.15) is 0 Å². The minimum atomic E-state index is 0. The monoisotopic (exact) mass is 450 g/mol. The van der Waals surface area contributed by atoms with Gasteiger partial charge in [-0.25, -0.2) is 0 Å². The van der Waals surface area contributed by atoms with E-state index in [0.717, 1.165) is 25.0 Å². The molecular formula is C17H31IN4S. The number of nitrogens with zero attached hydrogens (tertiary/aromatic N) is 2. The molecule has 1 aliphatic carbocycles. The van der Waals surface area contributed by atoms with E-state index in [2.05, 4.69) is 59.1 Å². The van der Waals surface area contributed by atoms with Crippen LogP contribution in [0.3, 0.4) is 0 Å². The molecular weight excluding hydrogens is 419 g/mol. The summed E-state index contributed by atoms with van der Waals surface area (Å²) in [6, 6.07) is 4.23. The number of aliphatic imine (C=N–C) groups is 1. The van der Waals surface area contributed by atoms with Gasteiger partial charge in [0.2, 0.25) is 0 Å². The molecule has 1 heterocycles. The highest BCUT2D eigenvalue weighted by Gasteiger charge is 2.36. The van der Waals surface area contributed by atoms with Crippen molar-refractivity contribution in [3.63, 3.8) is 0 Å². The van der Waals surface area contributed by atoms with Crippen LogP contribution in [-0.2, 0) is 6.54 Å². The summed E-state index contributed by atoms with van der Waals surface area (Å²) in [7, 11) is 6.26. The number of rotatable bonds is 5. The Hall–Kier alpha value is -0.340. The fourth-order valence-electron chi connectivity index (χ4n) is 3.41. The van der Waals surface area contributed by atoms with Crippen molar-refractivity contribution in [2.24, 2.45) is 10.9 Å². The highest BCUT2D eigenvalue weighted by atomic mass is 127. The lowest BCUT2D eigenvalue weighted by molar-refractivity contribution is 0.0795. The Morgan fingerprint density at radius 3 is 2.78 bits per heavy atom. The van der Waals surface area contributed by atoms with Gasteiger partial charge in [-0.1, -0.05) is 25.8 Å². The van der Waals surface area contributed by atoms with E-state index < -0.39 is 0 Å². The van der Waals surface area contributed by atoms with Gasteiger partial charge in [0.05, 0.1) is 6.54 Å². The zero-order valence-corrected chi connectivity index (χ0v) is 17.9. The van der Waals surface area contributed by atoms with Crippen molar-refractivity contribution in [2.45, 2.75) is 44.7 Å². The smallest absolute Gasteiger partial charge is 0.191 e. The van der Waals surface area contributed by atoms with Crippen molar-refractivity contribution >= 4 is 41.3 Å². The highest BCUT2D eigenvalue weighted by Crippen LogP contribution is 2.35. The van der Waals surface area contributed by atoms with Crippen LogP contribution in [-0.4, -0.2) is 44.1 Å². The number of thiophene rings is 1. The molecule has 2 atom stereocenters. The topological polar surface area (TPSA) is 39.7 Å². The van der Waals surface area contributed by atoms with Crippen LogP contribution in [0.25, 0.3) is 0 Å². The zero-order valence-electron chi connectivity index (χ0n) is 14.8. The molecule has 0 aliphatic heterocycles. The molecule has 0 radical (unpaired) electrons. The average Bonchev–Trinajstić information content (AvgIpc) is 3.00. The van der Waals surface area contributed by atoms with E-state index >= 15 is 0 Å². The van der Waals surface area contributed by atoms with Crippen molar-refractivity contribution in [2.75, 3.05) is 27.7 Å². The van der Waals surface area contributed by atoms with Crippen LogP contribution >= 0.6 is 35.3 Å². The number of nitrogens with one attached hydrogen (secondary N) is 2. The summed E-state index contributed by atoms with van der Waals surface area (Å²) in [6.07, 6.45) is 5.21. The standard InChI is InChI=1S/C17H30N4S.HI/c1-14-7-5-9-17(11-14,21(3)4)13-20-16(18-2)19-12-15-8-6-10-22-15;/h6,8,10,14H,5,7,9,11-13H2,1-4H3,(H2,18,19,20);1H. The molecule has 1 fully saturated rings. The molecule has 0 aromatic carbocycles. The molecule has 1 aromatic heterocycles. The fourth-order valence-corrected chi connectivity index (χ4v) is 4.05. The van der Waals surface area contributed by atoms with Crippen molar-refractivity contribution in [1.82, 2.24) is 15.5 Å². The second-order valence-electron chi connectivity index (χ2n) is 6.68. The Bertz CT molecular complexity index is 475. The van der Waals surface area contributed by atoms with Crippen LogP contribution in [0.2, 0.25) is 0 Å². The van der Waals surface area contributed by atoms with E-state index in [-0.39, 0.29) is 29.5 Å². The van der Waals surface area contributed by atoms with E-state index in [9.17, 15) is 0 Å². The van der Waals surface area contributed by atoms with E-state index in [1.54, 1.807) is 11.3 Å². The van der Waals surface area contributed by atoms with Gasteiger partial charge in [-0.05, 0) is 44.3 Å². The minimum Gasteiger partial charge on any atom is -0.355 e. The number of hydrogen-bond acceptors (Lipinski definition) is 3. The third kappa shape index (κ3) is 5.90. The SMILES string of the molecule is CN=C(NCc1cccs1)NCC1(N(C)C)CCCC(C)C1.I. The molecule has 1 saturated carbocycles. The van der Waals surface area contributed by atoms with Gasteiger partial charge >= 0.3 is 0 Å². The molecule has 0 amide bonds. The summed E-state index contributed by atoms with van der Waals surface area (Å²) in [5.41, 5.74) is 0.248. The lowest BCUT2D eigenvalue weighted by atomic mass is 9.75. The van der Waals surface area contributed by atoms with Crippen LogP contribution in [0.4, 0.5) is 0 Å². The lowest BCUT2D eigenvalue weighted by Crippen LogP contribution is -2.56. The molecule has 23 heavy (non-hydrogen) atoms. The summed E-state index contributed by atoms with van der Waals surface area (Å²) in [6.45, 7) is 4.17. The predicted octanol–water partition coefficient (Wildman–Crippen LogP) is 3.54. The summed E-state index contributed by atoms with van der Waals surface area (Å²) >= 11 is 1.77. The van der Waals surface area contributed by atoms with Crippen molar-refractivity contribution < 1.29 is 0 Å².